The topological polar surface area (TPSA) is 29.9 Å². The Balaban J connectivity index is 1.93. The van der Waals surface area contributed by atoms with E-state index in [1.807, 2.05) is 12.5 Å². The highest BCUT2D eigenvalue weighted by molar-refractivity contribution is 7.98. The van der Waals surface area contributed by atoms with Gasteiger partial charge in [0.2, 0.25) is 0 Å². The molecule has 4 heteroatoms. The summed E-state index contributed by atoms with van der Waals surface area (Å²) in [5.41, 5.74) is 2.46. The molecule has 0 spiro atoms. The van der Waals surface area contributed by atoms with Crippen LogP contribution in [-0.4, -0.2) is 22.4 Å². The molecule has 1 unspecified atom stereocenters. The zero-order valence-electron chi connectivity index (χ0n) is 10.5. The number of rotatable bonds is 3. The summed E-state index contributed by atoms with van der Waals surface area (Å²) in [6.45, 7) is 1.11. The van der Waals surface area contributed by atoms with Crippen LogP contribution in [0.15, 0.2) is 41.7 Å². The minimum Gasteiger partial charge on any atom is -0.309 e. The van der Waals surface area contributed by atoms with Crippen LogP contribution < -0.4 is 5.32 Å². The molecule has 1 aliphatic rings. The summed E-state index contributed by atoms with van der Waals surface area (Å²) >= 11 is 1.77. The van der Waals surface area contributed by atoms with Crippen LogP contribution in [0.1, 0.15) is 24.6 Å². The van der Waals surface area contributed by atoms with Crippen molar-refractivity contribution in [1.29, 1.82) is 0 Å². The highest BCUT2D eigenvalue weighted by Crippen LogP contribution is 2.25. The quantitative estimate of drug-likeness (QED) is 0.859. The molecule has 1 fully saturated rings. The van der Waals surface area contributed by atoms with Gasteiger partial charge in [-0.2, -0.15) is 0 Å². The SMILES string of the molecule is CSc1ccc(-n2cncc2C2CCCN2)cc1. The van der Waals surface area contributed by atoms with Crippen LogP contribution in [0.2, 0.25) is 0 Å². The van der Waals surface area contributed by atoms with Crippen LogP contribution in [0.5, 0.6) is 0 Å². The molecule has 18 heavy (non-hydrogen) atoms. The number of thioether (sulfide) groups is 1. The molecule has 1 N–H and O–H groups in total. The van der Waals surface area contributed by atoms with E-state index in [0.717, 1.165) is 6.54 Å². The fourth-order valence-electron chi connectivity index (χ4n) is 2.46. The third-order valence-corrected chi connectivity index (χ3v) is 4.18. The van der Waals surface area contributed by atoms with Crippen molar-refractivity contribution in [2.24, 2.45) is 0 Å². The van der Waals surface area contributed by atoms with E-state index in [1.165, 1.54) is 29.1 Å². The fraction of sp³-hybridized carbons (Fsp3) is 0.357. The maximum absolute atomic E-state index is 4.30. The van der Waals surface area contributed by atoms with E-state index in [2.05, 4.69) is 45.4 Å². The predicted molar refractivity (Wildman–Crippen MR) is 75.3 cm³/mol. The van der Waals surface area contributed by atoms with Gasteiger partial charge in [0.05, 0.1) is 18.2 Å². The second-order valence-corrected chi connectivity index (χ2v) is 5.42. The number of imidazole rings is 1. The Bertz CT molecular complexity index is 512. The first-order valence-electron chi connectivity index (χ1n) is 6.28. The molecule has 2 aromatic rings. The van der Waals surface area contributed by atoms with Gasteiger partial charge < -0.3 is 9.88 Å². The van der Waals surface area contributed by atoms with Crippen molar-refractivity contribution < 1.29 is 0 Å². The largest absolute Gasteiger partial charge is 0.309 e. The van der Waals surface area contributed by atoms with Crippen molar-refractivity contribution in [3.8, 4) is 5.69 Å². The Morgan fingerprint density at radius 3 is 2.83 bits per heavy atom. The molecule has 0 saturated carbocycles. The van der Waals surface area contributed by atoms with Crippen LogP contribution >= 0.6 is 11.8 Å². The maximum Gasteiger partial charge on any atom is 0.0994 e. The highest BCUT2D eigenvalue weighted by Gasteiger charge is 2.20. The van der Waals surface area contributed by atoms with E-state index in [-0.39, 0.29) is 0 Å². The number of aromatic nitrogens is 2. The summed E-state index contributed by atoms with van der Waals surface area (Å²) < 4.78 is 2.19. The summed E-state index contributed by atoms with van der Waals surface area (Å²) in [7, 11) is 0. The van der Waals surface area contributed by atoms with Gasteiger partial charge >= 0.3 is 0 Å². The normalized spacial score (nSPS) is 19.3. The summed E-state index contributed by atoms with van der Waals surface area (Å²) in [4.78, 5) is 5.59. The van der Waals surface area contributed by atoms with Gasteiger partial charge in [-0.3, -0.25) is 0 Å². The summed E-state index contributed by atoms with van der Waals surface area (Å²) in [6, 6.07) is 9.09. The molecule has 3 rings (SSSR count). The van der Waals surface area contributed by atoms with E-state index in [0.29, 0.717) is 6.04 Å². The second-order valence-electron chi connectivity index (χ2n) is 4.54. The molecule has 1 saturated heterocycles. The van der Waals surface area contributed by atoms with Crippen LogP contribution in [0.4, 0.5) is 0 Å². The summed E-state index contributed by atoms with van der Waals surface area (Å²) in [5.74, 6) is 0. The van der Waals surface area contributed by atoms with Gasteiger partial charge in [-0.1, -0.05) is 0 Å². The number of nitrogens with zero attached hydrogens (tertiary/aromatic N) is 2. The molecule has 1 atom stereocenters. The molecule has 3 nitrogen and oxygen atoms in total. The summed E-state index contributed by atoms with van der Waals surface area (Å²) in [5, 5.41) is 3.53. The minimum atomic E-state index is 0.452. The lowest BCUT2D eigenvalue weighted by Gasteiger charge is -2.14. The van der Waals surface area contributed by atoms with Crippen molar-refractivity contribution >= 4 is 11.8 Å². The highest BCUT2D eigenvalue weighted by atomic mass is 32.2. The molecule has 94 valence electrons. The fourth-order valence-corrected chi connectivity index (χ4v) is 2.87. The molecular formula is C14H17N3S. The van der Waals surface area contributed by atoms with Gasteiger partial charge in [0, 0.05) is 16.6 Å². The van der Waals surface area contributed by atoms with E-state index < -0.39 is 0 Å². The number of benzene rings is 1. The zero-order chi connectivity index (χ0) is 12.4. The van der Waals surface area contributed by atoms with Crippen LogP contribution in [0.3, 0.4) is 0 Å². The summed E-state index contributed by atoms with van der Waals surface area (Å²) in [6.07, 6.45) is 8.44. The Morgan fingerprint density at radius 1 is 1.33 bits per heavy atom. The van der Waals surface area contributed by atoms with Crippen LogP contribution in [-0.2, 0) is 0 Å². The molecule has 2 heterocycles. The lowest BCUT2D eigenvalue weighted by molar-refractivity contribution is 0.615. The van der Waals surface area contributed by atoms with E-state index in [4.69, 9.17) is 0 Å². The Kier molecular flexibility index (Phi) is 3.39. The Morgan fingerprint density at radius 2 is 2.17 bits per heavy atom. The van der Waals surface area contributed by atoms with Crippen LogP contribution in [0.25, 0.3) is 5.69 Å². The van der Waals surface area contributed by atoms with Crippen molar-refractivity contribution in [1.82, 2.24) is 14.9 Å². The van der Waals surface area contributed by atoms with Crippen molar-refractivity contribution in [3.05, 3.63) is 42.5 Å². The van der Waals surface area contributed by atoms with E-state index >= 15 is 0 Å². The molecule has 1 aliphatic heterocycles. The van der Waals surface area contributed by atoms with Crippen molar-refractivity contribution in [2.75, 3.05) is 12.8 Å². The lowest BCUT2D eigenvalue weighted by Crippen LogP contribution is -2.16. The minimum absolute atomic E-state index is 0.452. The Hall–Kier alpha value is -1.26. The standard InChI is InChI=1S/C14H17N3S/c1-18-12-6-4-11(5-7-12)17-10-15-9-14(17)13-3-2-8-16-13/h4-7,9-10,13,16H,2-3,8H2,1H3. The van der Waals surface area contributed by atoms with Gasteiger partial charge in [-0.25, -0.2) is 4.98 Å². The third-order valence-electron chi connectivity index (χ3n) is 3.44. The first kappa shape index (κ1) is 11.8. The maximum atomic E-state index is 4.30. The van der Waals surface area contributed by atoms with Gasteiger partial charge in [0.25, 0.3) is 0 Å². The van der Waals surface area contributed by atoms with Crippen molar-refractivity contribution in [2.45, 2.75) is 23.8 Å². The molecule has 0 radical (unpaired) electrons. The average molecular weight is 259 g/mol. The first-order valence-corrected chi connectivity index (χ1v) is 7.51. The van der Waals surface area contributed by atoms with Crippen LogP contribution in [0, 0.1) is 0 Å². The van der Waals surface area contributed by atoms with Gasteiger partial charge in [-0.05, 0) is 49.9 Å². The number of nitrogens with one attached hydrogen (secondary N) is 1. The first-order chi connectivity index (χ1) is 8.88. The van der Waals surface area contributed by atoms with Gasteiger partial charge in [-0.15, -0.1) is 11.8 Å². The van der Waals surface area contributed by atoms with Gasteiger partial charge in [0.15, 0.2) is 0 Å². The molecule has 0 aliphatic carbocycles. The molecular weight excluding hydrogens is 242 g/mol. The van der Waals surface area contributed by atoms with Crippen molar-refractivity contribution in [3.63, 3.8) is 0 Å². The predicted octanol–water partition coefficient (Wildman–Crippen LogP) is 3.02. The zero-order valence-corrected chi connectivity index (χ0v) is 11.3. The second kappa shape index (κ2) is 5.16. The smallest absolute Gasteiger partial charge is 0.0994 e. The van der Waals surface area contributed by atoms with E-state index in [1.54, 1.807) is 11.8 Å². The number of hydrogen-bond acceptors (Lipinski definition) is 3. The molecule has 0 bridgehead atoms. The monoisotopic (exact) mass is 259 g/mol. The molecule has 0 amide bonds. The average Bonchev–Trinajstić information content (AvgIpc) is 3.09. The van der Waals surface area contributed by atoms with Gasteiger partial charge in [0.1, 0.15) is 0 Å². The molecule has 1 aromatic carbocycles. The number of hydrogen-bond donors (Lipinski definition) is 1. The third kappa shape index (κ3) is 2.18. The lowest BCUT2D eigenvalue weighted by atomic mass is 10.1. The Labute approximate surface area is 112 Å². The van der Waals surface area contributed by atoms with E-state index in [9.17, 15) is 0 Å². The molecule has 1 aromatic heterocycles.